The summed E-state index contributed by atoms with van der Waals surface area (Å²) in [6.45, 7) is 0. The lowest BCUT2D eigenvalue weighted by molar-refractivity contribution is 0.380. The van der Waals surface area contributed by atoms with Crippen molar-refractivity contribution in [1.29, 1.82) is 0 Å². The maximum absolute atomic E-state index is 2.85. The Hall–Kier alpha value is 0.575. The van der Waals surface area contributed by atoms with E-state index in [0.29, 0.717) is 0 Å². The van der Waals surface area contributed by atoms with Crippen LogP contribution in [0.25, 0.3) is 0 Å². The van der Waals surface area contributed by atoms with Gasteiger partial charge in [-0.25, -0.2) is 0 Å². The van der Waals surface area contributed by atoms with E-state index in [9.17, 15) is 0 Å². The van der Waals surface area contributed by atoms with Crippen molar-refractivity contribution in [3.8, 4) is 0 Å². The van der Waals surface area contributed by atoms with Crippen LogP contribution in [0.5, 0.6) is 0 Å². The predicted molar refractivity (Wildman–Crippen MR) is 241 cm³/mol. The van der Waals surface area contributed by atoms with Gasteiger partial charge in [-0.15, -0.1) is 0 Å². The Morgan fingerprint density at radius 2 is 0.519 bits per heavy atom. The van der Waals surface area contributed by atoms with Gasteiger partial charge in [-0.3, -0.25) is 23.4 Å². The summed E-state index contributed by atoms with van der Waals surface area (Å²) in [6.07, 6.45) is 56.8. The second-order valence-electron chi connectivity index (χ2n) is 20.0. The largest absolute Gasteiger partial charge is 0.260 e. The molecule has 0 aliphatic heterocycles. The Morgan fingerprint density at radius 3 is 0.731 bits per heavy atom. The van der Waals surface area contributed by atoms with Crippen LogP contribution in [0, 0.1) is 35.5 Å². The molecule has 0 spiro atoms. The van der Waals surface area contributed by atoms with Crippen molar-refractivity contribution in [3.63, 3.8) is 0 Å². The van der Waals surface area contributed by atoms with E-state index in [4.69, 9.17) is 0 Å². The minimum atomic E-state index is -0.536. The predicted octanol–water partition coefficient (Wildman–Crippen LogP) is 15.8. The van der Waals surface area contributed by atoms with E-state index < -0.39 is 5.30 Å². The molecule has 6 saturated carbocycles. The molecule has 0 unspecified atom stereocenters. The van der Waals surface area contributed by atoms with E-state index in [2.05, 4.69) is 30.3 Å². The molecule has 4 heteroatoms. The molecule has 0 nitrogen and oxygen atoms in total. The van der Waals surface area contributed by atoms with Crippen LogP contribution < -0.4 is 5.46 Å². The average Bonchev–Trinajstić information content (AvgIpc) is 3.21. The van der Waals surface area contributed by atoms with Crippen molar-refractivity contribution in [3.05, 3.63) is 30.3 Å². The highest BCUT2D eigenvalue weighted by Gasteiger charge is 2.48. The summed E-state index contributed by atoms with van der Waals surface area (Å²) < 4.78 is 0. The van der Waals surface area contributed by atoms with Crippen molar-refractivity contribution >= 4 is 34.2 Å². The standard InChI is InChI=1S/C48H83BP3/c1-8-22-42(23-9-1)36-50(37-43-24-10-2-11-25-43)49(48-34-20-7-21-35-48,51(38-44-26-12-3-13-27-44)39-45-28-14-4-15-29-45)52(40-46-30-16-5-17-31-46)41-47-32-18-6-19-33-47/h7,20-21,34-35,42-47H,1-6,8-19,22-33,36-41H2/q-1. The summed E-state index contributed by atoms with van der Waals surface area (Å²) in [4.78, 5) is 0. The zero-order valence-corrected chi connectivity index (χ0v) is 36.9. The Bertz CT molecular complexity index is 923. The third-order valence-corrected chi connectivity index (χ3v) is 31.8. The van der Waals surface area contributed by atoms with E-state index >= 15 is 0 Å². The normalized spacial score (nSPS) is 25.1. The van der Waals surface area contributed by atoms with Gasteiger partial charge in [0.1, 0.15) is 5.30 Å². The van der Waals surface area contributed by atoms with E-state index in [0.717, 1.165) is 35.5 Å². The zero-order valence-electron chi connectivity index (χ0n) is 34.2. The van der Waals surface area contributed by atoms with Crippen LogP contribution in [-0.4, -0.2) is 42.3 Å². The fourth-order valence-electron chi connectivity index (χ4n) is 13.4. The minimum absolute atomic E-state index is 0.00357. The molecule has 1 aromatic rings. The van der Waals surface area contributed by atoms with Crippen LogP contribution in [0.1, 0.15) is 193 Å². The van der Waals surface area contributed by atoms with Crippen molar-refractivity contribution in [1.82, 2.24) is 0 Å². The molecule has 0 radical (unpaired) electrons. The summed E-state index contributed by atoms with van der Waals surface area (Å²) in [7, 11) is 0.0107. The Balaban J connectivity index is 1.39. The smallest absolute Gasteiger partial charge is 0.103 e. The van der Waals surface area contributed by atoms with E-state index in [-0.39, 0.29) is 23.4 Å². The molecular formula is C48H83BP3-. The molecule has 52 heavy (non-hydrogen) atoms. The Kier molecular flexibility index (Phi) is 17.2. The Morgan fingerprint density at radius 1 is 0.308 bits per heavy atom. The second-order valence-corrected chi connectivity index (χ2v) is 29.3. The van der Waals surface area contributed by atoms with Gasteiger partial charge in [-0.2, -0.15) is 5.46 Å². The van der Waals surface area contributed by atoms with Crippen LogP contribution in [0.15, 0.2) is 30.3 Å². The SMILES string of the molecule is c1ccc([B-](P(CC2CCCCC2)CC2CCCCC2)(P(CC2CCCCC2)CC2CCCCC2)P(CC2CCCCC2)CC2CCCCC2)cc1. The number of hydrogen-bond acceptors (Lipinski definition) is 0. The van der Waals surface area contributed by atoms with E-state index in [1.165, 1.54) is 38.5 Å². The number of rotatable bonds is 16. The quantitative estimate of drug-likeness (QED) is 0.116. The number of hydrogen-bond donors (Lipinski definition) is 0. The molecule has 0 N–H and O–H groups in total. The van der Waals surface area contributed by atoms with Gasteiger partial charge in [-0.1, -0.05) is 260 Å². The molecule has 6 fully saturated rings. The van der Waals surface area contributed by atoms with Gasteiger partial charge in [0.2, 0.25) is 0 Å². The molecule has 0 amide bonds. The summed E-state index contributed by atoms with van der Waals surface area (Å²) in [5, 5.41) is -0.536. The molecule has 0 aromatic heterocycles. The van der Waals surface area contributed by atoms with Crippen molar-refractivity contribution < 1.29 is 0 Å². The molecule has 0 heterocycles. The maximum Gasteiger partial charge on any atom is 0.103 e. The summed E-state index contributed by atoms with van der Waals surface area (Å²) in [5.74, 6) is 6.31. The van der Waals surface area contributed by atoms with Crippen LogP contribution in [0.3, 0.4) is 0 Å². The average molecular weight is 764 g/mol. The number of benzene rings is 1. The molecule has 294 valence electrons. The fraction of sp³-hybridized carbons (Fsp3) is 0.875. The lowest BCUT2D eigenvalue weighted by Crippen LogP contribution is -2.50. The maximum atomic E-state index is 2.85. The monoisotopic (exact) mass is 764 g/mol. The van der Waals surface area contributed by atoms with Gasteiger partial charge in [-0.05, 0) is 35.5 Å². The second kappa shape index (κ2) is 21.9. The minimum Gasteiger partial charge on any atom is -0.260 e. The highest BCUT2D eigenvalue weighted by molar-refractivity contribution is 8.49. The highest BCUT2D eigenvalue weighted by Crippen LogP contribution is 2.79. The lowest BCUT2D eigenvalue weighted by atomic mass is 9.88. The van der Waals surface area contributed by atoms with Gasteiger partial charge >= 0.3 is 0 Å². The molecule has 0 bridgehead atoms. The van der Waals surface area contributed by atoms with Gasteiger partial charge in [0.25, 0.3) is 0 Å². The first-order chi connectivity index (χ1) is 25.8. The van der Waals surface area contributed by atoms with Crippen LogP contribution in [0.2, 0.25) is 0 Å². The first-order valence-electron chi connectivity index (χ1n) is 24.2. The molecule has 6 aliphatic rings. The molecule has 7 rings (SSSR count). The van der Waals surface area contributed by atoms with Crippen molar-refractivity contribution in [2.45, 2.75) is 193 Å². The molecule has 0 saturated heterocycles. The first-order valence-corrected chi connectivity index (χ1v) is 29.6. The van der Waals surface area contributed by atoms with E-state index in [1.807, 2.05) is 5.46 Å². The van der Waals surface area contributed by atoms with Crippen molar-refractivity contribution in [2.75, 3.05) is 37.0 Å². The summed E-state index contributed by atoms with van der Waals surface area (Å²) in [5.41, 5.74) is 2.02. The van der Waals surface area contributed by atoms with Gasteiger partial charge in [0.05, 0.1) is 0 Å². The van der Waals surface area contributed by atoms with Gasteiger partial charge in [0, 0.05) is 0 Å². The van der Waals surface area contributed by atoms with Crippen LogP contribution in [-0.2, 0) is 0 Å². The fourth-order valence-corrected chi connectivity index (χ4v) is 32.4. The molecule has 0 atom stereocenters. The third-order valence-electron chi connectivity index (χ3n) is 16.1. The summed E-state index contributed by atoms with van der Waals surface area (Å²) in [6, 6.07) is 13.3. The Labute approximate surface area is 328 Å². The van der Waals surface area contributed by atoms with Gasteiger partial charge < -0.3 is 0 Å². The molecule has 6 aliphatic carbocycles. The van der Waals surface area contributed by atoms with Crippen molar-refractivity contribution in [2.24, 2.45) is 35.5 Å². The highest BCUT2D eigenvalue weighted by atomic mass is 31.2. The lowest BCUT2D eigenvalue weighted by Gasteiger charge is -2.64. The van der Waals surface area contributed by atoms with E-state index in [1.54, 1.807) is 191 Å². The third kappa shape index (κ3) is 11.4. The topological polar surface area (TPSA) is 0 Å². The summed E-state index contributed by atoms with van der Waals surface area (Å²) >= 11 is 0. The molecular weight excluding hydrogens is 680 g/mol. The van der Waals surface area contributed by atoms with Gasteiger partial charge in [0.15, 0.2) is 0 Å². The zero-order chi connectivity index (χ0) is 35.3. The molecule has 1 aromatic carbocycles. The first kappa shape index (κ1) is 40.8. The van der Waals surface area contributed by atoms with Crippen LogP contribution >= 0.6 is 23.4 Å². The van der Waals surface area contributed by atoms with Crippen LogP contribution in [0.4, 0.5) is 0 Å².